The van der Waals surface area contributed by atoms with Gasteiger partial charge in [0.25, 0.3) is 0 Å². The van der Waals surface area contributed by atoms with Crippen molar-refractivity contribution < 1.29 is 22.7 Å². The smallest absolute Gasteiger partial charge is 0.444 e. The van der Waals surface area contributed by atoms with Gasteiger partial charge in [0.15, 0.2) is 0 Å². The monoisotopic (exact) mass is 316 g/mol. The summed E-state index contributed by atoms with van der Waals surface area (Å²) in [5, 5.41) is 3.00. The van der Waals surface area contributed by atoms with Crippen LogP contribution in [0.4, 0.5) is 18.0 Å². The van der Waals surface area contributed by atoms with E-state index in [9.17, 15) is 18.0 Å². The van der Waals surface area contributed by atoms with Crippen LogP contribution in [0.25, 0.3) is 0 Å². The zero-order valence-electron chi connectivity index (χ0n) is 12.1. The average Bonchev–Trinajstić information content (AvgIpc) is 2.51. The number of ether oxygens (including phenoxy) is 1. The van der Waals surface area contributed by atoms with E-state index in [4.69, 9.17) is 4.74 Å². The molecule has 1 fully saturated rings. The third kappa shape index (κ3) is 4.91. The lowest BCUT2D eigenvalue weighted by atomic mass is 10.0. The molecule has 0 aromatic heterocycles. The number of benzene rings is 1. The highest BCUT2D eigenvalue weighted by atomic mass is 19.4. The fraction of sp³-hybridized carbons (Fsp3) is 0.533. The Balaban J connectivity index is 1.94. The molecule has 0 saturated carbocycles. The van der Waals surface area contributed by atoms with E-state index in [2.05, 4.69) is 5.32 Å². The molecule has 1 unspecified atom stereocenters. The summed E-state index contributed by atoms with van der Waals surface area (Å²) in [5.41, 5.74) is 0.647. The van der Waals surface area contributed by atoms with Gasteiger partial charge in [-0.15, -0.1) is 13.2 Å². The first-order valence-electron chi connectivity index (χ1n) is 7.25. The normalized spacial score (nSPS) is 18.8. The first-order chi connectivity index (χ1) is 10.5. The highest BCUT2D eigenvalue weighted by molar-refractivity contribution is 5.68. The van der Waals surface area contributed by atoms with Crippen molar-refractivity contribution in [1.29, 1.82) is 0 Å². The number of nitrogens with one attached hydrogen (secondary N) is 1. The number of amides is 1. The summed E-state index contributed by atoms with van der Waals surface area (Å²) in [6.45, 7) is 0.0803. The van der Waals surface area contributed by atoms with Gasteiger partial charge in [-0.05, 0) is 24.9 Å². The van der Waals surface area contributed by atoms with Crippen LogP contribution in [-0.2, 0) is 11.3 Å². The molecule has 1 atom stereocenters. The molecule has 1 aliphatic heterocycles. The molecule has 1 saturated heterocycles. The van der Waals surface area contributed by atoms with Crippen molar-refractivity contribution in [2.24, 2.45) is 0 Å². The van der Waals surface area contributed by atoms with Gasteiger partial charge in [0, 0.05) is 12.6 Å². The Morgan fingerprint density at radius 3 is 2.59 bits per heavy atom. The van der Waals surface area contributed by atoms with Gasteiger partial charge in [-0.3, -0.25) is 0 Å². The summed E-state index contributed by atoms with van der Waals surface area (Å²) >= 11 is 0. The van der Waals surface area contributed by atoms with Gasteiger partial charge >= 0.3 is 12.4 Å². The molecular formula is C15H19F3N2O2. The van der Waals surface area contributed by atoms with Crippen molar-refractivity contribution in [2.75, 3.05) is 13.1 Å². The van der Waals surface area contributed by atoms with Crippen molar-refractivity contribution in [1.82, 2.24) is 10.2 Å². The summed E-state index contributed by atoms with van der Waals surface area (Å²) in [7, 11) is 0. The lowest BCUT2D eigenvalue weighted by molar-refractivity contribution is -0.232. The molecule has 0 radical (unpaired) electrons. The number of carbonyl (C=O) groups is 1. The second-order valence-corrected chi connectivity index (χ2v) is 5.27. The molecule has 4 nitrogen and oxygen atoms in total. The minimum atomic E-state index is -4.74. The predicted molar refractivity (Wildman–Crippen MR) is 75.0 cm³/mol. The molecule has 0 aliphatic carbocycles. The van der Waals surface area contributed by atoms with Crippen LogP contribution in [0.15, 0.2) is 30.3 Å². The highest BCUT2D eigenvalue weighted by Crippen LogP contribution is 2.24. The fourth-order valence-corrected chi connectivity index (χ4v) is 2.38. The molecule has 22 heavy (non-hydrogen) atoms. The second-order valence-electron chi connectivity index (χ2n) is 5.27. The van der Waals surface area contributed by atoms with E-state index >= 15 is 0 Å². The zero-order chi connectivity index (χ0) is 16.0. The number of hydrogen-bond donors (Lipinski definition) is 1. The highest BCUT2D eigenvalue weighted by Gasteiger charge is 2.43. The van der Waals surface area contributed by atoms with Crippen LogP contribution in [0, 0.1) is 0 Å². The Bertz CT molecular complexity index is 473. The van der Waals surface area contributed by atoms with E-state index in [1.165, 1.54) is 0 Å². The number of piperidine rings is 1. The van der Waals surface area contributed by atoms with Crippen LogP contribution < -0.4 is 5.32 Å². The van der Waals surface area contributed by atoms with E-state index in [1.807, 2.05) is 0 Å². The molecule has 0 spiro atoms. The van der Waals surface area contributed by atoms with Crippen molar-refractivity contribution in [3.63, 3.8) is 0 Å². The molecular weight excluding hydrogens is 297 g/mol. The largest absolute Gasteiger partial charge is 0.489 e. The zero-order valence-corrected chi connectivity index (χ0v) is 12.1. The van der Waals surface area contributed by atoms with Gasteiger partial charge in [0.2, 0.25) is 0 Å². The number of halogens is 3. The van der Waals surface area contributed by atoms with E-state index in [1.54, 1.807) is 30.3 Å². The topological polar surface area (TPSA) is 41.6 Å². The van der Waals surface area contributed by atoms with Gasteiger partial charge in [-0.2, -0.15) is 0 Å². The van der Waals surface area contributed by atoms with E-state index in [-0.39, 0.29) is 17.5 Å². The van der Waals surface area contributed by atoms with Crippen LogP contribution in [0.3, 0.4) is 0 Å². The summed E-state index contributed by atoms with van der Waals surface area (Å²) in [5.74, 6) is 0. The van der Waals surface area contributed by atoms with Crippen LogP contribution >= 0.6 is 0 Å². The molecule has 0 bridgehead atoms. The minimum Gasteiger partial charge on any atom is -0.444 e. The number of carbonyl (C=O) groups excluding carboxylic acids is 1. The van der Waals surface area contributed by atoms with Gasteiger partial charge in [0.1, 0.15) is 6.61 Å². The molecule has 1 aliphatic rings. The molecule has 2 rings (SSSR count). The van der Waals surface area contributed by atoms with Crippen LogP contribution in [0.1, 0.15) is 24.8 Å². The Hall–Kier alpha value is -1.76. The number of rotatable bonds is 4. The van der Waals surface area contributed by atoms with Crippen LogP contribution in [0.5, 0.6) is 0 Å². The molecule has 1 aromatic carbocycles. The maximum atomic E-state index is 13.0. The second kappa shape index (κ2) is 7.49. The van der Waals surface area contributed by atoms with E-state index in [0.29, 0.717) is 18.5 Å². The minimum absolute atomic E-state index is 0.154. The van der Waals surface area contributed by atoms with E-state index < -0.39 is 18.9 Å². The number of nitrogens with zero attached hydrogens (tertiary/aromatic N) is 1. The molecule has 1 N–H and O–H groups in total. The van der Waals surface area contributed by atoms with Crippen LogP contribution in [0.2, 0.25) is 0 Å². The number of alkyl halides is 3. The predicted octanol–water partition coefficient (Wildman–Crippen LogP) is 3.29. The molecule has 122 valence electrons. The van der Waals surface area contributed by atoms with Crippen molar-refractivity contribution in [3.05, 3.63) is 35.9 Å². The Labute approximate surface area is 127 Å². The standard InChI is InChI=1S/C15H19F3N2O2/c16-15(17,18)20(10-13-8-4-5-9-19-13)14(21)22-11-12-6-2-1-3-7-12/h1-3,6-7,13,19H,4-5,8-11H2. The summed E-state index contributed by atoms with van der Waals surface area (Å²) in [6.07, 6.45) is -3.67. The SMILES string of the molecule is O=C(OCc1ccccc1)N(CC1CCCCN1)C(F)(F)F. The third-order valence-electron chi connectivity index (χ3n) is 3.55. The number of hydrogen-bond acceptors (Lipinski definition) is 3. The van der Waals surface area contributed by atoms with Gasteiger partial charge in [0.05, 0.1) is 0 Å². The first-order valence-corrected chi connectivity index (χ1v) is 7.25. The van der Waals surface area contributed by atoms with Gasteiger partial charge in [-0.25, -0.2) is 9.69 Å². The summed E-state index contributed by atoms with van der Waals surface area (Å²) in [6, 6.07) is 8.27. The van der Waals surface area contributed by atoms with Crippen LogP contribution in [-0.4, -0.2) is 36.4 Å². The Morgan fingerprint density at radius 1 is 1.27 bits per heavy atom. The average molecular weight is 316 g/mol. The first kappa shape index (κ1) is 16.6. The molecule has 1 aromatic rings. The van der Waals surface area contributed by atoms with Gasteiger partial charge < -0.3 is 10.1 Å². The Kier molecular flexibility index (Phi) is 5.65. The molecule has 1 amide bonds. The molecule has 7 heteroatoms. The quantitative estimate of drug-likeness (QED) is 0.867. The molecule has 1 heterocycles. The van der Waals surface area contributed by atoms with Crippen molar-refractivity contribution >= 4 is 6.09 Å². The van der Waals surface area contributed by atoms with E-state index in [0.717, 1.165) is 12.8 Å². The lowest BCUT2D eigenvalue weighted by Crippen LogP contribution is -2.51. The van der Waals surface area contributed by atoms with Gasteiger partial charge in [-0.1, -0.05) is 36.8 Å². The summed E-state index contributed by atoms with van der Waals surface area (Å²) < 4.78 is 43.9. The summed E-state index contributed by atoms with van der Waals surface area (Å²) in [4.78, 5) is 11.6. The fourth-order valence-electron chi connectivity index (χ4n) is 2.38. The lowest BCUT2D eigenvalue weighted by Gasteiger charge is -2.31. The Morgan fingerprint density at radius 2 is 2.00 bits per heavy atom. The van der Waals surface area contributed by atoms with Crippen molar-refractivity contribution in [2.45, 2.75) is 38.2 Å². The third-order valence-corrected chi connectivity index (χ3v) is 3.55. The van der Waals surface area contributed by atoms with Crippen molar-refractivity contribution in [3.8, 4) is 0 Å². The maximum absolute atomic E-state index is 13.0. The maximum Gasteiger partial charge on any atom is 0.489 e.